The van der Waals surface area contributed by atoms with Crippen molar-refractivity contribution in [2.75, 3.05) is 33.2 Å². The Bertz CT molecular complexity index is 720. The highest BCUT2D eigenvalue weighted by atomic mass is 19.1. The first-order chi connectivity index (χ1) is 12.2. The predicted molar refractivity (Wildman–Crippen MR) is 102 cm³/mol. The number of aromatic amines is 1. The van der Waals surface area contributed by atoms with Gasteiger partial charge in [0.25, 0.3) is 0 Å². The maximum Gasteiger partial charge on any atom is 0.191 e. The van der Waals surface area contributed by atoms with E-state index in [1.165, 1.54) is 30.5 Å². The summed E-state index contributed by atoms with van der Waals surface area (Å²) in [7, 11) is 1.79. The number of aromatic nitrogens is 1. The highest BCUT2D eigenvalue weighted by Gasteiger charge is 2.27. The van der Waals surface area contributed by atoms with Gasteiger partial charge in [0.15, 0.2) is 5.96 Å². The summed E-state index contributed by atoms with van der Waals surface area (Å²) < 4.78 is 13.2. The van der Waals surface area contributed by atoms with E-state index >= 15 is 0 Å². The quantitative estimate of drug-likeness (QED) is 0.509. The van der Waals surface area contributed by atoms with E-state index in [0.717, 1.165) is 55.5 Å². The fourth-order valence-corrected chi connectivity index (χ4v) is 3.26. The lowest BCUT2D eigenvalue weighted by atomic mass is 10.1. The average molecular weight is 345 g/mol. The maximum absolute atomic E-state index is 13.2. The van der Waals surface area contributed by atoms with Crippen molar-refractivity contribution in [1.29, 1.82) is 0 Å². The minimum absolute atomic E-state index is 0.212. The molecule has 1 fully saturated rings. The van der Waals surface area contributed by atoms with Gasteiger partial charge in [0.1, 0.15) is 5.82 Å². The third-order valence-corrected chi connectivity index (χ3v) is 4.80. The number of H-pyrrole nitrogens is 1. The molecule has 1 heterocycles. The van der Waals surface area contributed by atoms with Crippen molar-refractivity contribution in [3.63, 3.8) is 0 Å². The largest absolute Gasteiger partial charge is 0.361 e. The molecule has 3 N–H and O–H groups in total. The SMILES string of the molecule is CCN(CCNC(=NC)NCCc1c[nH]c2cc(F)ccc12)C1CC1. The molecule has 0 radical (unpaired) electrons. The first-order valence-electron chi connectivity index (χ1n) is 9.15. The molecule has 2 aromatic rings. The minimum atomic E-state index is -0.212. The Morgan fingerprint density at radius 3 is 2.84 bits per heavy atom. The van der Waals surface area contributed by atoms with Crippen LogP contribution in [-0.2, 0) is 6.42 Å². The van der Waals surface area contributed by atoms with Crippen LogP contribution in [0.1, 0.15) is 25.3 Å². The molecule has 3 rings (SSSR count). The second kappa shape index (κ2) is 8.34. The van der Waals surface area contributed by atoms with Crippen LogP contribution in [-0.4, -0.2) is 55.1 Å². The fraction of sp³-hybridized carbons (Fsp3) is 0.526. The Hall–Kier alpha value is -2.08. The van der Waals surface area contributed by atoms with Gasteiger partial charge in [-0.05, 0) is 49.6 Å². The smallest absolute Gasteiger partial charge is 0.191 e. The maximum atomic E-state index is 13.2. The standard InChI is InChI=1S/C19H28FN5/c1-3-25(16-5-6-16)11-10-23-19(21-2)22-9-8-14-13-24-18-12-15(20)4-7-17(14)18/h4,7,12-13,16,24H,3,5-6,8-11H2,1-2H3,(H2,21,22,23). The molecule has 0 bridgehead atoms. The third kappa shape index (κ3) is 4.72. The van der Waals surface area contributed by atoms with Crippen molar-refractivity contribution in [3.8, 4) is 0 Å². The highest BCUT2D eigenvalue weighted by Crippen LogP contribution is 2.25. The molecule has 0 unspecified atom stereocenters. The summed E-state index contributed by atoms with van der Waals surface area (Å²) in [5, 5.41) is 7.81. The lowest BCUT2D eigenvalue weighted by molar-refractivity contribution is 0.282. The van der Waals surface area contributed by atoms with Crippen molar-refractivity contribution in [3.05, 3.63) is 35.8 Å². The zero-order valence-electron chi connectivity index (χ0n) is 15.1. The summed E-state index contributed by atoms with van der Waals surface area (Å²) in [4.78, 5) is 9.93. The van der Waals surface area contributed by atoms with Crippen molar-refractivity contribution in [2.24, 2.45) is 4.99 Å². The van der Waals surface area contributed by atoms with Crippen molar-refractivity contribution >= 4 is 16.9 Å². The van der Waals surface area contributed by atoms with Gasteiger partial charge in [0.05, 0.1) is 0 Å². The Labute approximate surface area is 148 Å². The number of likely N-dealkylation sites (N-methyl/N-ethyl adjacent to an activating group) is 1. The summed E-state index contributed by atoms with van der Waals surface area (Å²) in [5.74, 6) is 0.619. The number of nitrogens with one attached hydrogen (secondary N) is 3. The zero-order valence-corrected chi connectivity index (χ0v) is 15.1. The van der Waals surface area contributed by atoms with Gasteiger partial charge < -0.3 is 15.6 Å². The van der Waals surface area contributed by atoms with E-state index in [2.05, 4.69) is 32.4 Å². The molecule has 1 aliphatic carbocycles. The van der Waals surface area contributed by atoms with Crippen LogP contribution in [0.3, 0.4) is 0 Å². The minimum Gasteiger partial charge on any atom is -0.361 e. The number of fused-ring (bicyclic) bond motifs is 1. The number of hydrogen-bond donors (Lipinski definition) is 3. The molecular formula is C19H28FN5. The van der Waals surface area contributed by atoms with Gasteiger partial charge in [-0.2, -0.15) is 0 Å². The Morgan fingerprint density at radius 1 is 1.32 bits per heavy atom. The Balaban J connectivity index is 1.43. The molecule has 5 nitrogen and oxygen atoms in total. The average Bonchev–Trinajstić information content (AvgIpc) is 3.38. The molecule has 136 valence electrons. The lowest BCUT2D eigenvalue weighted by Crippen LogP contribution is -2.42. The fourth-order valence-electron chi connectivity index (χ4n) is 3.26. The number of rotatable bonds is 8. The number of benzene rings is 1. The summed E-state index contributed by atoms with van der Waals surface area (Å²) in [6.45, 7) is 6.06. The van der Waals surface area contributed by atoms with Crippen LogP contribution >= 0.6 is 0 Å². The summed E-state index contributed by atoms with van der Waals surface area (Å²) in [6, 6.07) is 5.67. The van der Waals surface area contributed by atoms with Gasteiger partial charge in [-0.15, -0.1) is 0 Å². The molecule has 1 aromatic heterocycles. The van der Waals surface area contributed by atoms with Gasteiger partial charge in [-0.25, -0.2) is 4.39 Å². The number of aliphatic imine (C=N–C) groups is 1. The second-order valence-corrected chi connectivity index (χ2v) is 6.54. The van der Waals surface area contributed by atoms with Gasteiger partial charge in [0.2, 0.25) is 0 Å². The Morgan fingerprint density at radius 2 is 2.12 bits per heavy atom. The zero-order chi connectivity index (χ0) is 17.6. The van der Waals surface area contributed by atoms with Crippen molar-refractivity contribution in [1.82, 2.24) is 20.5 Å². The van der Waals surface area contributed by atoms with E-state index in [1.54, 1.807) is 7.05 Å². The van der Waals surface area contributed by atoms with E-state index in [9.17, 15) is 4.39 Å². The molecule has 1 saturated carbocycles. The summed E-state index contributed by atoms with van der Waals surface area (Å²) >= 11 is 0. The van der Waals surface area contributed by atoms with Crippen molar-refractivity contribution < 1.29 is 4.39 Å². The predicted octanol–water partition coefficient (Wildman–Crippen LogP) is 2.50. The number of hydrogen-bond acceptors (Lipinski definition) is 2. The summed E-state index contributed by atoms with van der Waals surface area (Å²) in [6.07, 6.45) is 5.50. The normalized spacial score (nSPS) is 15.1. The highest BCUT2D eigenvalue weighted by molar-refractivity contribution is 5.83. The molecule has 6 heteroatoms. The van der Waals surface area contributed by atoms with E-state index in [1.807, 2.05) is 12.3 Å². The monoisotopic (exact) mass is 345 g/mol. The lowest BCUT2D eigenvalue weighted by Gasteiger charge is -2.20. The summed E-state index contributed by atoms with van der Waals surface area (Å²) in [5.41, 5.74) is 2.03. The third-order valence-electron chi connectivity index (χ3n) is 4.80. The molecule has 0 spiro atoms. The molecule has 1 aliphatic rings. The molecule has 0 saturated heterocycles. The molecule has 25 heavy (non-hydrogen) atoms. The van der Waals surface area contributed by atoms with Crippen LogP contribution in [0.4, 0.5) is 4.39 Å². The first-order valence-corrected chi connectivity index (χ1v) is 9.15. The van der Waals surface area contributed by atoms with Gasteiger partial charge >= 0.3 is 0 Å². The van der Waals surface area contributed by atoms with Crippen LogP contribution in [0.2, 0.25) is 0 Å². The van der Waals surface area contributed by atoms with Gasteiger partial charge in [0, 0.05) is 49.8 Å². The van der Waals surface area contributed by atoms with Gasteiger partial charge in [-0.1, -0.05) is 6.92 Å². The van der Waals surface area contributed by atoms with E-state index in [4.69, 9.17) is 0 Å². The van der Waals surface area contributed by atoms with Crippen LogP contribution in [0.5, 0.6) is 0 Å². The van der Waals surface area contributed by atoms with E-state index in [0.29, 0.717) is 0 Å². The van der Waals surface area contributed by atoms with E-state index < -0.39 is 0 Å². The van der Waals surface area contributed by atoms with Gasteiger partial charge in [-0.3, -0.25) is 9.89 Å². The molecular weight excluding hydrogens is 317 g/mol. The first kappa shape index (κ1) is 17.7. The molecule has 0 amide bonds. The number of guanidine groups is 1. The van der Waals surface area contributed by atoms with Crippen LogP contribution in [0.25, 0.3) is 10.9 Å². The van der Waals surface area contributed by atoms with Crippen LogP contribution < -0.4 is 10.6 Å². The molecule has 0 aliphatic heterocycles. The van der Waals surface area contributed by atoms with Crippen LogP contribution in [0, 0.1) is 5.82 Å². The van der Waals surface area contributed by atoms with Crippen LogP contribution in [0.15, 0.2) is 29.4 Å². The number of nitrogens with zero attached hydrogens (tertiary/aromatic N) is 2. The van der Waals surface area contributed by atoms with E-state index in [-0.39, 0.29) is 5.82 Å². The molecule has 0 atom stereocenters. The topological polar surface area (TPSA) is 55.4 Å². The molecule has 1 aromatic carbocycles. The Kier molecular flexibility index (Phi) is 5.91. The number of halogens is 1. The van der Waals surface area contributed by atoms with Crippen molar-refractivity contribution in [2.45, 2.75) is 32.2 Å². The second-order valence-electron chi connectivity index (χ2n) is 6.54.